The van der Waals surface area contributed by atoms with E-state index >= 15 is 0 Å². The molecule has 0 radical (unpaired) electrons. The van der Waals surface area contributed by atoms with Crippen LogP contribution in [-0.4, -0.2) is 29.3 Å². The molecule has 2 nitrogen and oxygen atoms in total. The van der Waals surface area contributed by atoms with Gasteiger partial charge in [0.25, 0.3) is 5.91 Å². The van der Waals surface area contributed by atoms with E-state index in [-0.39, 0.29) is 11.9 Å². The number of carbonyl (C=O) groups excluding carboxylic acids is 1. The molecule has 0 saturated carbocycles. The molecule has 96 valence electrons. The number of carbonyl (C=O) groups is 1. The van der Waals surface area contributed by atoms with Gasteiger partial charge in [-0.2, -0.15) is 0 Å². The molecule has 0 bridgehead atoms. The van der Waals surface area contributed by atoms with Crippen LogP contribution < -0.4 is 0 Å². The highest BCUT2D eigenvalue weighted by Gasteiger charge is 2.22. The number of amides is 1. The molecular weight excluding hydrogens is 277 g/mol. The summed E-state index contributed by atoms with van der Waals surface area (Å²) >= 11 is 12.9. The third kappa shape index (κ3) is 3.87. The topological polar surface area (TPSA) is 20.3 Å². The fourth-order valence-electron chi connectivity index (χ4n) is 1.84. The van der Waals surface area contributed by atoms with Gasteiger partial charge in [-0.1, -0.05) is 25.4 Å². The lowest BCUT2D eigenvalue weighted by Gasteiger charge is -2.29. The maximum absolute atomic E-state index is 12.3. The maximum atomic E-state index is 12.3. The first-order valence-corrected chi connectivity index (χ1v) is 7.49. The first-order valence-electron chi connectivity index (χ1n) is 5.76. The number of thiophene rings is 1. The van der Waals surface area contributed by atoms with Gasteiger partial charge in [0.1, 0.15) is 0 Å². The van der Waals surface area contributed by atoms with E-state index in [0.29, 0.717) is 21.6 Å². The third-order valence-corrected chi connectivity index (χ3v) is 4.14. The van der Waals surface area contributed by atoms with E-state index in [9.17, 15) is 4.79 Å². The molecule has 0 aliphatic rings. The van der Waals surface area contributed by atoms with Crippen molar-refractivity contribution in [3.05, 3.63) is 21.3 Å². The summed E-state index contributed by atoms with van der Waals surface area (Å²) in [6.07, 6.45) is 1.89. The zero-order valence-electron chi connectivity index (χ0n) is 10.1. The van der Waals surface area contributed by atoms with Crippen LogP contribution >= 0.6 is 34.5 Å². The van der Waals surface area contributed by atoms with Crippen LogP contribution in [0.15, 0.2) is 12.1 Å². The van der Waals surface area contributed by atoms with E-state index < -0.39 is 0 Å². The summed E-state index contributed by atoms with van der Waals surface area (Å²) in [5, 5.41) is 0. The van der Waals surface area contributed by atoms with Gasteiger partial charge in [-0.25, -0.2) is 0 Å². The van der Waals surface area contributed by atoms with Crippen LogP contribution in [-0.2, 0) is 0 Å². The van der Waals surface area contributed by atoms with Crippen LogP contribution in [0.4, 0.5) is 0 Å². The van der Waals surface area contributed by atoms with Crippen molar-refractivity contribution in [3.63, 3.8) is 0 Å². The standard InChI is InChI=1S/C12H17Cl2NOS/c1-3-9(4-2)15(8-7-13)12(16)10-5-6-11(14)17-10/h5-6,9H,3-4,7-8H2,1-2H3. The van der Waals surface area contributed by atoms with Crippen LogP contribution in [0.3, 0.4) is 0 Å². The Kier molecular flexibility index (Phi) is 6.31. The number of nitrogens with zero attached hydrogens (tertiary/aromatic N) is 1. The highest BCUT2D eigenvalue weighted by atomic mass is 35.5. The van der Waals surface area contributed by atoms with Crippen LogP contribution in [0.25, 0.3) is 0 Å². The molecule has 1 rings (SSSR count). The van der Waals surface area contributed by atoms with Gasteiger partial charge >= 0.3 is 0 Å². The number of rotatable bonds is 6. The zero-order valence-corrected chi connectivity index (χ0v) is 12.4. The fraction of sp³-hybridized carbons (Fsp3) is 0.583. The van der Waals surface area contributed by atoms with E-state index in [1.165, 1.54) is 11.3 Å². The summed E-state index contributed by atoms with van der Waals surface area (Å²) in [4.78, 5) is 14.9. The first kappa shape index (κ1) is 14.8. The largest absolute Gasteiger partial charge is 0.334 e. The van der Waals surface area contributed by atoms with E-state index in [4.69, 9.17) is 23.2 Å². The minimum Gasteiger partial charge on any atom is -0.334 e. The molecule has 0 aliphatic heterocycles. The summed E-state index contributed by atoms with van der Waals surface area (Å²) in [7, 11) is 0. The molecule has 0 atom stereocenters. The van der Waals surface area contributed by atoms with Crippen molar-refractivity contribution in [1.29, 1.82) is 0 Å². The van der Waals surface area contributed by atoms with Crippen molar-refractivity contribution < 1.29 is 4.79 Å². The van der Waals surface area contributed by atoms with E-state index in [1.807, 2.05) is 4.90 Å². The van der Waals surface area contributed by atoms with Crippen LogP contribution in [0.2, 0.25) is 4.34 Å². The van der Waals surface area contributed by atoms with Crippen LogP contribution in [0.1, 0.15) is 36.4 Å². The van der Waals surface area contributed by atoms with Gasteiger partial charge in [0.2, 0.25) is 0 Å². The summed E-state index contributed by atoms with van der Waals surface area (Å²) in [5.41, 5.74) is 0. The van der Waals surface area contributed by atoms with Crippen LogP contribution in [0, 0.1) is 0 Å². The monoisotopic (exact) mass is 293 g/mol. The second kappa shape index (κ2) is 7.24. The first-order chi connectivity index (χ1) is 8.13. The predicted molar refractivity (Wildman–Crippen MR) is 75.5 cm³/mol. The molecule has 1 aromatic heterocycles. The predicted octanol–water partition coefficient (Wildman–Crippen LogP) is 4.27. The number of alkyl halides is 1. The highest BCUT2D eigenvalue weighted by molar-refractivity contribution is 7.17. The lowest BCUT2D eigenvalue weighted by Crippen LogP contribution is -2.40. The Morgan fingerprint density at radius 2 is 2.06 bits per heavy atom. The summed E-state index contributed by atoms with van der Waals surface area (Å²) in [5.74, 6) is 0.498. The number of hydrogen-bond donors (Lipinski definition) is 0. The van der Waals surface area contributed by atoms with Gasteiger partial charge < -0.3 is 4.90 Å². The average molecular weight is 294 g/mol. The Morgan fingerprint density at radius 1 is 1.41 bits per heavy atom. The zero-order chi connectivity index (χ0) is 12.8. The number of hydrogen-bond acceptors (Lipinski definition) is 2. The molecule has 1 aromatic rings. The molecule has 1 heterocycles. The minimum atomic E-state index is 0.0382. The molecule has 0 aromatic carbocycles. The fourth-order valence-corrected chi connectivity index (χ4v) is 3.02. The summed E-state index contributed by atoms with van der Waals surface area (Å²) < 4.78 is 0.642. The van der Waals surface area contributed by atoms with Crippen molar-refractivity contribution in [3.8, 4) is 0 Å². The van der Waals surface area contributed by atoms with Gasteiger partial charge in [0.05, 0.1) is 9.21 Å². The molecule has 17 heavy (non-hydrogen) atoms. The average Bonchev–Trinajstić information content (AvgIpc) is 2.75. The summed E-state index contributed by atoms with van der Waals surface area (Å²) in [6.45, 7) is 4.76. The van der Waals surface area contributed by atoms with Crippen molar-refractivity contribution in [1.82, 2.24) is 4.90 Å². The van der Waals surface area contributed by atoms with Gasteiger partial charge in [-0.3, -0.25) is 4.79 Å². The molecule has 0 spiro atoms. The molecule has 0 saturated heterocycles. The molecule has 0 N–H and O–H groups in total. The maximum Gasteiger partial charge on any atom is 0.264 e. The van der Waals surface area contributed by atoms with Gasteiger partial charge in [0, 0.05) is 18.5 Å². The molecule has 1 amide bonds. The number of halogens is 2. The smallest absolute Gasteiger partial charge is 0.264 e. The Balaban J connectivity index is 2.86. The van der Waals surface area contributed by atoms with Gasteiger partial charge in [0.15, 0.2) is 0 Å². The molecule has 0 unspecified atom stereocenters. The second-order valence-corrected chi connectivity index (χ2v) is 5.85. The molecule has 0 fully saturated rings. The van der Waals surface area contributed by atoms with E-state index in [0.717, 1.165) is 12.8 Å². The third-order valence-electron chi connectivity index (χ3n) is 2.75. The van der Waals surface area contributed by atoms with Crippen molar-refractivity contribution in [2.75, 3.05) is 12.4 Å². The Labute approximate surface area is 117 Å². The minimum absolute atomic E-state index is 0.0382. The van der Waals surface area contributed by atoms with Gasteiger partial charge in [-0.05, 0) is 25.0 Å². The quantitative estimate of drug-likeness (QED) is 0.717. The van der Waals surface area contributed by atoms with E-state index in [1.54, 1.807) is 12.1 Å². The van der Waals surface area contributed by atoms with E-state index in [2.05, 4.69) is 13.8 Å². The van der Waals surface area contributed by atoms with Crippen molar-refractivity contribution >= 4 is 40.4 Å². The Bertz CT molecular complexity index is 363. The highest BCUT2D eigenvalue weighted by Crippen LogP contribution is 2.24. The molecular formula is C12H17Cl2NOS. The Morgan fingerprint density at radius 3 is 2.47 bits per heavy atom. The SMILES string of the molecule is CCC(CC)N(CCCl)C(=O)c1ccc(Cl)s1. The molecule has 5 heteroatoms. The second-order valence-electron chi connectivity index (χ2n) is 3.76. The normalized spacial score (nSPS) is 10.9. The summed E-state index contributed by atoms with van der Waals surface area (Å²) in [6, 6.07) is 3.78. The van der Waals surface area contributed by atoms with Gasteiger partial charge in [-0.15, -0.1) is 22.9 Å². The lowest BCUT2D eigenvalue weighted by molar-refractivity contribution is 0.0686. The lowest BCUT2D eigenvalue weighted by atomic mass is 10.1. The van der Waals surface area contributed by atoms with Crippen molar-refractivity contribution in [2.24, 2.45) is 0 Å². The Hall–Kier alpha value is -0.250. The van der Waals surface area contributed by atoms with Crippen molar-refractivity contribution in [2.45, 2.75) is 32.7 Å². The van der Waals surface area contributed by atoms with Crippen LogP contribution in [0.5, 0.6) is 0 Å². The molecule has 0 aliphatic carbocycles.